The molecule has 0 atom stereocenters. The van der Waals surface area contributed by atoms with E-state index in [1.54, 1.807) is 19.1 Å². The van der Waals surface area contributed by atoms with E-state index in [0.29, 0.717) is 17.2 Å². The van der Waals surface area contributed by atoms with Gasteiger partial charge in [0, 0.05) is 11.5 Å². The molecule has 0 saturated heterocycles. The normalized spacial score (nSPS) is 9.00. The van der Waals surface area contributed by atoms with E-state index in [1.807, 2.05) is 13.0 Å². The maximum atomic E-state index is 11.0. The van der Waals surface area contributed by atoms with Gasteiger partial charge < -0.3 is 4.74 Å². The van der Waals surface area contributed by atoms with E-state index in [1.165, 1.54) is 0 Å². The van der Waals surface area contributed by atoms with Gasteiger partial charge in [-0.25, -0.2) is 4.79 Å². The Hall–Kier alpha value is -1.46. The maximum Gasteiger partial charge on any atom is 0.384 e. The first-order valence-electron chi connectivity index (χ1n) is 4.58. The van der Waals surface area contributed by atoms with Gasteiger partial charge in [0.15, 0.2) is 0 Å². The van der Waals surface area contributed by atoms with Gasteiger partial charge in [0.05, 0.1) is 11.6 Å². The lowest BCUT2D eigenvalue weighted by Gasteiger charge is -1.97. The lowest BCUT2D eigenvalue weighted by atomic mass is 10.1. The van der Waals surface area contributed by atoms with Crippen molar-refractivity contribution in [3.63, 3.8) is 0 Å². The highest BCUT2D eigenvalue weighted by molar-refractivity contribution is 6.31. The summed E-state index contributed by atoms with van der Waals surface area (Å²) in [5, 5.41) is 0.548. The van der Waals surface area contributed by atoms with Crippen molar-refractivity contribution in [2.45, 2.75) is 13.8 Å². The van der Waals surface area contributed by atoms with Crippen LogP contribution in [-0.4, -0.2) is 12.6 Å². The van der Waals surface area contributed by atoms with Crippen LogP contribution in [0.3, 0.4) is 0 Å². The average Bonchev–Trinajstić information content (AvgIpc) is 2.17. The van der Waals surface area contributed by atoms with E-state index >= 15 is 0 Å². The molecule has 0 heterocycles. The monoisotopic (exact) mass is 222 g/mol. The summed E-state index contributed by atoms with van der Waals surface area (Å²) in [6.07, 6.45) is 0. The second-order valence-corrected chi connectivity index (χ2v) is 3.36. The van der Waals surface area contributed by atoms with Crippen molar-refractivity contribution >= 4 is 17.6 Å². The van der Waals surface area contributed by atoms with Gasteiger partial charge in [-0.15, -0.1) is 0 Å². The number of aryl methyl sites for hydroxylation is 1. The molecule has 0 fully saturated rings. The van der Waals surface area contributed by atoms with E-state index in [0.717, 1.165) is 5.56 Å². The SMILES string of the molecule is CCOC(=O)C#Cc1ccc(C)cc1Cl. The zero-order valence-electron chi connectivity index (χ0n) is 8.63. The van der Waals surface area contributed by atoms with E-state index in [4.69, 9.17) is 11.6 Å². The number of rotatable bonds is 1. The molecule has 0 N–H and O–H groups in total. The highest BCUT2D eigenvalue weighted by atomic mass is 35.5. The largest absolute Gasteiger partial charge is 0.456 e. The van der Waals surface area contributed by atoms with Gasteiger partial charge in [-0.2, -0.15) is 0 Å². The molecule has 0 aliphatic heterocycles. The lowest BCUT2D eigenvalue weighted by molar-refractivity contribution is -0.136. The van der Waals surface area contributed by atoms with Crippen molar-refractivity contribution < 1.29 is 9.53 Å². The van der Waals surface area contributed by atoms with Gasteiger partial charge in [-0.3, -0.25) is 0 Å². The molecule has 78 valence electrons. The number of halogens is 1. The minimum Gasteiger partial charge on any atom is -0.456 e. The molecule has 0 aliphatic rings. The summed E-state index contributed by atoms with van der Waals surface area (Å²) in [6.45, 7) is 4.00. The molecule has 3 heteroatoms. The lowest BCUT2D eigenvalue weighted by Crippen LogP contribution is -1.99. The first-order valence-corrected chi connectivity index (χ1v) is 4.96. The zero-order valence-corrected chi connectivity index (χ0v) is 9.39. The maximum absolute atomic E-state index is 11.0. The Morgan fingerprint density at radius 1 is 1.53 bits per heavy atom. The van der Waals surface area contributed by atoms with Crippen molar-refractivity contribution in [2.75, 3.05) is 6.61 Å². The average molecular weight is 223 g/mol. The number of ether oxygens (including phenoxy) is 1. The zero-order chi connectivity index (χ0) is 11.3. The van der Waals surface area contributed by atoms with E-state index in [-0.39, 0.29) is 0 Å². The first kappa shape index (κ1) is 11.6. The van der Waals surface area contributed by atoms with Crippen LogP contribution in [0.4, 0.5) is 0 Å². The third-order valence-electron chi connectivity index (χ3n) is 1.70. The predicted octanol–water partition coefficient (Wildman–Crippen LogP) is 2.56. The van der Waals surface area contributed by atoms with Crippen LogP contribution >= 0.6 is 11.6 Å². The highest BCUT2D eigenvalue weighted by Crippen LogP contribution is 2.16. The summed E-state index contributed by atoms with van der Waals surface area (Å²) in [5.41, 5.74) is 1.69. The Labute approximate surface area is 94.2 Å². The molecular formula is C12H11ClO2. The molecular weight excluding hydrogens is 212 g/mol. The van der Waals surface area contributed by atoms with Crippen LogP contribution in [0.25, 0.3) is 0 Å². The topological polar surface area (TPSA) is 26.3 Å². The molecule has 0 aliphatic carbocycles. The molecule has 0 spiro atoms. The second kappa shape index (κ2) is 5.43. The van der Waals surface area contributed by atoms with Gasteiger partial charge in [0.25, 0.3) is 0 Å². The van der Waals surface area contributed by atoms with Crippen LogP contribution in [0.1, 0.15) is 18.1 Å². The van der Waals surface area contributed by atoms with Crippen molar-refractivity contribution in [1.82, 2.24) is 0 Å². The first-order chi connectivity index (χ1) is 7.13. The van der Waals surface area contributed by atoms with Crippen molar-refractivity contribution in [1.29, 1.82) is 0 Å². The number of benzene rings is 1. The Morgan fingerprint density at radius 3 is 2.87 bits per heavy atom. The summed E-state index contributed by atoms with van der Waals surface area (Å²) < 4.78 is 4.67. The van der Waals surface area contributed by atoms with Crippen molar-refractivity contribution in [2.24, 2.45) is 0 Å². The Kier molecular flexibility index (Phi) is 4.20. The van der Waals surface area contributed by atoms with Gasteiger partial charge >= 0.3 is 5.97 Å². The number of carbonyl (C=O) groups excluding carboxylic acids is 1. The summed E-state index contributed by atoms with van der Waals surface area (Å²) >= 11 is 5.94. The van der Waals surface area contributed by atoms with Gasteiger partial charge in [0.2, 0.25) is 0 Å². The predicted molar refractivity (Wildman–Crippen MR) is 59.7 cm³/mol. The van der Waals surface area contributed by atoms with E-state index in [2.05, 4.69) is 16.6 Å². The summed E-state index contributed by atoms with van der Waals surface area (Å²) in [6, 6.07) is 5.47. The highest BCUT2D eigenvalue weighted by Gasteiger charge is 1.98. The fraction of sp³-hybridized carbons (Fsp3) is 0.250. The standard InChI is InChI=1S/C12H11ClO2/c1-3-15-12(14)7-6-10-5-4-9(2)8-11(10)13/h4-5,8H,3H2,1-2H3. The fourth-order valence-electron chi connectivity index (χ4n) is 1.01. The number of carbonyl (C=O) groups is 1. The molecule has 15 heavy (non-hydrogen) atoms. The molecule has 0 aromatic heterocycles. The van der Waals surface area contributed by atoms with Crippen LogP contribution in [0.5, 0.6) is 0 Å². The number of hydrogen-bond donors (Lipinski definition) is 0. The van der Waals surface area contributed by atoms with Crippen LogP contribution < -0.4 is 0 Å². The third-order valence-corrected chi connectivity index (χ3v) is 2.01. The Morgan fingerprint density at radius 2 is 2.27 bits per heavy atom. The van der Waals surface area contributed by atoms with E-state index < -0.39 is 5.97 Å². The molecule has 1 aromatic rings. The van der Waals surface area contributed by atoms with Crippen LogP contribution in [0.15, 0.2) is 18.2 Å². The molecule has 1 rings (SSSR count). The van der Waals surface area contributed by atoms with Gasteiger partial charge in [-0.1, -0.05) is 23.6 Å². The minimum atomic E-state index is -0.533. The van der Waals surface area contributed by atoms with Gasteiger partial charge in [0.1, 0.15) is 0 Å². The smallest absolute Gasteiger partial charge is 0.384 e. The van der Waals surface area contributed by atoms with Crippen LogP contribution in [-0.2, 0) is 9.53 Å². The van der Waals surface area contributed by atoms with Crippen molar-refractivity contribution in [3.8, 4) is 11.8 Å². The van der Waals surface area contributed by atoms with Crippen LogP contribution in [0, 0.1) is 18.8 Å². The molecule has 0 unspecified atom stereocenters. The van der Waals surface area contributed by atoms with Crippen molar-refractivity contribution in [3.05, 3.63) is 34.3 Å². The summed E-state index contributed by atoms with van der Waals surface area (Å²) in [4.78, 5) is 11.0. The molecule has 2 nitrogen and oxygen atoms in total. The number of hydrogen-bond acceptors (Lipinski definition) is 2. The quantitative estimate of drug-likeness (QED) is 0.539. The summed E-state index contributed by atoms with van der Waals surface area (Å²) in [7, 11) is 0. The second-order valence-electron chi connectivity index (χ2n) is 2.95. The van der Waals surface area contributed by atoms with Gasteiger partial charge in [-0.05, 0) is 31.5 Å². The molecule has 0 amide bonds. The molecule has 1 aromatic carbocycles. The van der Waals surface area contributed by atoms with E-state index in [9.17, 15) is 4.79 Å². The number of esters is 1. The Bertz CT molecular complexity index is 427. The van der Waals surface area contributed by atoms with Crippen LogP contribution in [0.2, 0.25) is 5.02 Å². The third kappa shape index (κ3) is 3.65. The molecule has 0 saturated carbocycles. The minimum absolute atomic E-state index is 0.329. The molecule has 0 radical (unpaired) electrons. The summed E-state index contributed by atoms with van der Waals surface area (Å²) in [5.74, 6) is 4.50. The Balaban J connectivity index is 2.84. The molecule has 0 bridgehead atoms. The fourth-order valence-corrected chi connectivity index (χ4v) is 1.29.